The monoisotopic (exact) mass is 407 g/mol. The smallest absolute Gasteiger partial charge is 0.294 e. The highest BCUT2D eigenvalue weighted by atomic mass is 16.6. The topological polar surface area (TPSA) is 119 Å². The number of carbonyl (C=O) groups excluding carboxylic acids is 2. The molecular weight excluding hydrogens is 386 g/mol. The number of nitro groups is 1. The van der Waals surface area contributed by atoms with Crippen LogP contribution < -0.4 is 10.6 Å². The summed E-state index contributed by atoms with van der Waals surface area (Å²) >= 11 is 0. The maximum absolute atomic E-state index is 12.6. The predicted octanol–water partition coefficient (Wildman–Crippen LogP) is 3.56. The zero-order chi connectivity index (χ0) is 21.9. The number of imidazole rings is 1. The van der Waals surface area contributed by atoms with Gasteiger partial charge in [-0.25, -0.2) is 4.98 Å². The number of hydrogen-bond donors (Lipinski definition) is 2. The first kappa shape index (κ1) is 20.7. The molecule has 3 aromatic rings. The SMILES string of the molecule is CC(C)(C)NC(=O)c1ccc(NC(=O)c2ccc(-n3ccnc3)c([N+](=O)[O-])c2)cc1. The molecule has 2 amide bonds. The molecule has 0 bridgehead atoms. The molecule has 0 aliphatic carbocycles. The number of carbonyl (C=O) groups is 2. The van der Waals surface area contributed by atoms with Gasteiger partial charge in [-0.05, 0) is 57.2 Å². The first-order valence-electron chi connectivity index (χ1n) is 9.15. The van der Waals surface area contributed by atoms with Gasteiger partial charge in [0.05, 0.1) is 11.3 Å². The van der Waals surface area contributed by atoms with Gasteiger partial charge in [-0.1, -0.05) is 0 Å². The Hall–Kier alpha value is -4.01. The molecule has 154 valence electrons. The lowest BCUT2D eigenvalue weighted by molar-refractivity contribution is -0.384. The number of nitrogens with zero attached hydrogens (tertiary/aromatic N) is 3. The Morgan fingerprint density at radius 3 is 2.27 bits per heavy atom. The number of benzene rings is 2. The van der Waals surface area contributed by atoms with Crippen LogP contribution in [0.15, 0.2) is 61.2 Å². The van der Waals surface area contributed by atoms with Crippen molar-refractivity contribution in [2.45, 2.75) is 26.3 Å². The molecular formula is C21H21N5O4. The summed E-state index contributed by atoms with van der Waals surface area (Å²) in [6.07, 6.45) is 4.54. The minimum absolute atomic E-state index is 0.139. The summed E-state index contributed by atoms with van der Waals surface area (Å²) in [6.45, 7) is 5.66. The highest BCUT2D eigenvalue weighted by molar-refractivity contribution is 6.05. The highest BCUT2D eigenvalue weighted by Gasteiger charge is 2.19. The number of aromatic nitrogens is 2. The molecule has 0 unspecified atom stereocenters. The van der Waals surface area contributed by atoms with Gasteiger partial charge >= 0.3 is 0 Å². The normalized spacial score (nSPS) is 11.0. The van der Waals surface area contributed by atoms with Gasteiger partial charge < -0.3 is 15.2 Å². The Kier molecular flexibility index (Phi) is 5.63. The van der Waals surface area contributed by atoms with E-state index in [0.717, 1.165) is 0 Å². The zero-order valence-corrected chi connectivity index (χ0v) is 16.7. The van der Waals surface area contributed by atoms with Gasteiger partial charge in [0.1, 0.15) is 5.69 Å². The molecule has 0 fully saturated rings. The van der Waals surface area contributed by atoms with Crippen molar-refractivity contribution < 1.29 is 14.5 Å². The molecule has 0 aliphatic heterocycles. The molecule has 0 saturated carbocycles. The maximum atomic E-state index is 12.6. The quantitative estimate of drug-likeness (QED) is 0.495. The zero-order valence-electron chi connectivity index (χ0n) is 16.7. The van der Waals surface area contributed by atoms with Gasteiger partial charge in [-0.15, -0.1) is 0 Å². The van der Waals surface area contributed by atoms with Crippen molar-refractivity contribution in [3.63, 3.8) is 0 Å². The molecule has 9 nitrogen and oxygen atoms in total. The lowest BCUT2D eigenvalue weighted by atomic mass is 10.1. The average Bonchev–Trinajstić information content (AvgIpc) is 3.21. The molecule has 0 spiro atoms. The molecule has 30 heavy (non-hydrogen) atoms. The van der Waals surface area contributed by atoms with E-state index in [1.807, 2.05) is 20.8 Å². The van der Waals surface area contributed by atoms with Gasteiger partial charge in [0.2, 0.25) is 0 Å². The van der Waals surface area contributed by atoms with E-state index in [0.29, 0.717) is 16.9 Å². The standard InChI is InChI=1S/C21H21N5O4/c1-21(2,3)24-20(28)14-4-7-16(8-5-14)23-19(27)15-6-9-17(18(12-15)26(29)30)25-11-10-22-13-25/h4-13H,1-3H3,(H,23,27)(H,24,28). The number of amides is 2. The van der Waals surface area contributed by atoms with Crippen molar-refractivity contribution in [3.05, 3.63) is 82.4 Å². The van der Waals surface area contributed by atoms with Crippen LogP contribution in [-0.4, -0.2) is 31.8 Å². The second-order valence-electron chi connectivity index (χ2n) is 7.67. The van der Waals surface area contributed by atoms with E-state index in [4.69, 9.17) is 0 Å². The molecule has 1 aromatic heterocycles. The molecule has 3 rings (SSSR count). The second kappa shape index (κ2) is 8.16. The van der Waals surface area contributed by atoms with Crippen LogP contribution in [-0.2, 0) is 0 Å². The van der Waals surface area contributed by atoms with Crippen molar-refractivity contribution in [3.8, 4) is 5.69 Å². The van der Waals surface area contributed by atoms with E-state index >= 15 is 0 Å². The fourth-order valence-corrected chi connectivity index (χ4v) is 2.75. The third-order valence-corrected chi connectivity index (χ3v) is 4.11. The van der Waals surface area contributed by atoms with Gasteiger partial charge in [0, 0.05) is 40.8 Å². The lowest BCUT2D eigenvalue weighted by Gasteiger charge is -2.20. The molecule has 0 aliphatic rings. The number of anilines is 1. The molecule has 0 saturated heterocycles. The Balaban J connectivity index is 1.77. The van der Waals surface area contributed by atoms with Gasteiger partial charge in [0.25, 0.3) is 17.5 Å². The first-order valence-corrected chi connectivity index (χ1v) is 9.15. The minimum Gasteiger partial charge on any atom is -0.347 e. The third-order valence-electron chi connectivity index (χ3n) is 4.11. The summed E-state index contributed by atoms with van der Waals surface area (Å²) in [5.74, 6) is -0.715. The van der Waals surface area contributed by atoms with Crippen molar-refractivity contribution in [1.82, 2.24) is 14.9 Å². The first-order chi connectivity index (χ1) is 14.1. The summed E-state index contributed by atoms with van der Waals surface area (Å²) in [4.78, 5) is 39.5. The van der Waals surface area contributed by atoms with Crippen LogP contribution in [0, 0.1) is 10.1 Å². The predicted molar refractivity (Wildman–Crippen MR) is 112 cm³/mol. The maximum Gasteiger partial charge on any atom is 0.294 e. The van der Waals surface area contributed by atoms with Crippen LogP contribution in [0.3, 0.4) is 0 Å². The number of hydrogen-bond acceptors (Lipinski definition) is 5. The van der Waals surface area contributed by atoms with Gasteiger partial charge in [-0.3, -0.25) is 19.7 Å². The molecule has 0 radical (unpaired) electrons. The second-order valence-corrected chi connectivity index (χ2v) is 7.67. The van der Waals surface area contributed by atoms with Gasteiger partial charge in [0.15, 0.2) is 0 Å². The molecule has 9 heteroatoms. The third kappa shape index (κ3) is 4.88. The fraction of sp³-hybridized carbons (Fsp3) is 0.190. The number of nitro benzene ring substituents is 1. The summed E-state index contributed by atoms with van der Waals surface area (Å²) in [6, 6.07) is 10.6. The van der Waals surface area contributed by atoms with Crippen LogP contribution in [0.1, 0.15) is 41.5 Å². The van der Waals surface area contributed by atoms with Crippen LogP contribution in [0.25, 0.3) is 5.69 Å². The van der Waals surface area contributed by atoms with Crippen LogP contribution >= 0.6 is 0 Å². The Morgan fingerprint density at radius 2 is 1.70 bits per heavy atom. The average molecular weight is 407 g/mol. The van der Waals surface area contributed by atoms with Crippen molar-refractivity contribution in [2.75, 3.05) is 5.32 Å². The highest BCUT2D eigenvalue weighted by Crippen LogP contribution is 2.24. The van der Waals surface area contributed by atoms with Crippen molar-refractivity contribution in [1.29, 1.82) is 0 Å². The van der Waals surface area contributed by atoms with Crippen molar-refractivity contribution in [2.24, 2.45) is 0 Å². The Bertz CT molecular complexity index is 1080. The number of rotatable bonds is 5. The summed E-state index contributed by atoms with van der Waals surface area (Å²) < 4.78 is 1.50. The van der Waals surface area contributed by atoms with E-state index in [2.05, 4.69) is 15.6 Å². The van der Waals surface area contributed by atoms with E-state index in [1.165, 1.54) is 35.3 Å². The van der Waals surface area contributed by atoms with Crippen LogP contribution in [0.5, 0.6) is 0 Å². The Labute approximate surface area is 172 Å². The molecule has 0 atom stereocenters. The van der Waals surface area contributed by atoms with E-state index in [9.17, 15) is 19.7 Å². The van der Waals surface area contributed by atoms with Crippen molar-refractivity contribution >= 4 is 23.2 Å². The van der Waals surface area contributed by atoms with E-state index in [-0.39, 0.29) is 22.7 Å². The van der Waals surface area contributed by atoms with Gasteiger partial charge in [-0.2, -0.15) is 0 Å². The largest absolute Gasteiger partial charge is 0.347 e. The molecule has 2 N–H and O–H groups in total. The van der Waals surface area contributed by atoms with E-state index < -0.39 is 10.8 Å². The minimum atomic E-state index is -0.547. The summed E-state index contributed by atoms with van der Waals surface area (Å²) in [5.41, 5.74) is 0.803. The molecule has 1 heterocycles. The van der Waals surface area contributed by atoms with E-state index in [1.54, 1.807) is 30.5 Å². The van der Waals surface area contributed by atoms with Crippen LogP contribution in [0.4, 0.5) is 11.4 Å². The summed E-state index contributed by atoms with van der Waals surface area (Å²) in [5, 5.41) is 17.0. The van der Waals surface area contributed by atoms with Crippen LogP contribution in [0.2, 0.25) is 0 Å². The number of nitrogens with one attached hydrogen (secondary N) is 2. The Morgan fingerprint density at radius 1 is 1.03 bits per heavy atom. The lowest BCUT2D eigenvalue weighted by Crippen LogP contribution is -2.40. The fourth-order valence-electron chi connectivity index (χ4n) is 2.75. The summed E-state index contributed by atoms with van der Waals surface area (Å²) in [7, 11) is 0. The molecule has 2 aromatic carbocycles.